The number of hydrogen-bond acceptors (Lipinski definition) is 4. The van der Waals surface area contributed by atoms with Gasteiger partial charge < -0.3 is 19.6 Å². The van der Waals surface area contributed by atoms with Gasteiger partial charge in [0, 0.05) is 24.6 Å². The van der Waals surface area contributed by atoms with Gasteiger partial charge in [0.05, 0.1) is 12.7 Å². The Balaban J connectivity index is 1.75. The molecule has 1 unspecified atom stereocenters. The number of aliphatic hydroxyl groups excluding tert-OH is 1. The molecule has 1 aromatic carbocycles. The number of furan rings is 1. The molecule has 124 valence electrons. The number of aliphatic hydroxyl groups is 1. The van der Waals surface area contributed by atoms with E-state index in [1.54, 1.807) is 6.08 Å². The Bertz CT molecular complexity index is 627. The van der Waals surface area contributed by atoms with Crippen LogP contribution in [0.4, 0.5) is 0 Å². The van der Waals surface area contributed by atoms with Crippen LogP contribution in [0.3, 0.4) is 0 Å². The van der Waals surface area contributed by atoms with Crippen LogP contribution in [-0.4, -0.2) is 36.9 Å². The predicted octanol–water partition coefficient (Wildman–Crippen LogP) is 2.60. The minimum atomic E-state index is -0.711. The first kappa shape index (κ1) is 17.2. The van der Waals surface area contributed by atoms with Crippen molar-refractivity contribution < 1.29 is 19.1 Å². The standard InChI is InChI=1S/C18H23NO4/c1-13(2)11-22-12-15(20)10-19-18(21)8-7-16-9-14-5-3-4-6-17(14)23-16/h3-9,13,15,20H,10-12H2,1-2H3,(H,19,21)/b8-7+. The molecule has 2 N–H and O–H groups in total. The summed E-state index contributed by atoms with van der Waals surface area (Å²) in [5.74, 6) is 0.749. The van der Waals surface area contributed by atoms with Gasteiger partial charge in [-0.15, -0.1) is 0 Å². The maximum atomic E-state index is 11.7. The summed E-state index contributed by atoms with van der Waals surface area (Å²) in [6.07, 6.45) is 2.29. The average molecular weight is 317 g/mol. The van der Waals surface area contributed by atoms with Gasteiger partial charge in [-0.25, -0.2) is 0 Å². The number of fused-ring (bicyclic) bond motifs is 1. The van der Waals surface area contributed by atoms with E-state index in [9.17, 15) is 9.90 Å². The van der Waals surface area contributed by atoms with E-state index in [0.717, 1.165) is 11.0 Å². The Morgan fingerprint density at radius 1 is 1.35 bits per heavy atom. The molecule has 0 radical (unpaired) electrons. The van der Waals surface area contributed by atoms with E-state index in [1.807, 2.05) is 44.2 Å². The molecule has 5 heteroatoms. The molecular formula is C18H23NO4. The Morgan fingerprint density at radius 3 is 2.87 bits per heavy atom. The van der Waals surface area contributed by atoms with Crippen LogP contribution < -0.4 is 5.32 Å². The molecule has 0 bridgehead atoms. The number of ether oxygens (including phenoxy) is 1. The SMILES string of the molecule is CC(C)COCC(O)CNC(=O)/C=C/c1cc2ccccc2o1. The second kappa shape index (κ2) is 8.50. The maximum absolute atomic E-state index is 11.7. The second-order valence-corrected chi connectivity index (χ2v) is 5.85. The Hall–Kier alpha value is -2.11. The quantitative estimate of drug-likeness (QED) is 0.734. The van der Waals surface area contributed by atoms with Crippen molar-refractivity contribution in [3.63, 3.8) is 0 Å². The monoisotopic (exact) mass is 317 g/mol. The number of nitrogens with one attached hydrogen (secondary N) is 1. The van der Waals surface area contributed by atoms with Crippen molar-refractivity contribution in [2.75, 3.05) is 19.8 Å². The van der Waals surface area contributed by atoms with Crippen molar-refractivity contribution in [1.29, 1.82) is 0 Å². The van der Waals surface area contributed by atoms with Crippen LogP contribution in [-0.2, 0) is 9.53 Å². The van der Waals surface area contributed by atoms with Gasteiger partial charge in [0.1, 0.15) is 11.3 Å². The molecule has 5 nitrogen and oxygen atoms in total. The highest BCUT2D eigenvalue weighted by atomic mass is 16.5. The van der Waals surface area contributed by atoms with Gasteiger partial charge in [-0.05, 0) is 24.1 Å². The lowest BCUT2D eigenvalue weighted by molar-refractivity contribution is -0.117. The highest BCUT2D eigenvalue weighted by molar-refractivity contribution is 5.92. The van der Waals surface area contributed by atoms with Crippen LogP contribution in [0.2, 0.25) is 0 Å². The average Bonchev–Trinajstić information content (AvgIpc) is 2.93. The first-order valence-corrected chi connectivity index (χ1v) is 7.75. The Morgan fingerprint density at radius 2 is 2.13 bits per heavy atom. The molecular weight excluding hydrogens is 294 g/mol. The van der Waals surface area contributed by atoms with Crippen LogP contribution in [0.5, 0.6) is 0 Å². The van der Waals surface area contributed by atoms with Gasteiger partial charge in [-0.3, -0.25) is 4.79 Å². The lowest BCUT2D eigenvalue weighted by atomic mass is 10.2. The normalized spacial score (nSPS) is 13.0. The molecule has 23 heavy (non-hydrogen) atoms. The molecule has 1 atom stereocenters. The van der Waals surface area contributed by atoms with Crippen molar-refractivity contribution in [3.8, 4) is 0 Å². The molecule has 2 aromatic rings. The van der Waals surface area contributed by atoms with Gasteiger partial charge in [-0.2, -0.15) is 0 Å². The van der Waals surface area contributed by atoms with Crippen LogP contribution in [0, 0.1) is 5.92 Å². The van der Waals surface area contributed by atoms with E-state index < -0.39 is 6.10 Å². The summed E-state index contributed by atoms with van der Waals surface area (Å²) in [4.78, 5) is 11.7. The fourth-order valence-electron chi connectivity index (χ4n) is 2.02. The molecule has 0 fully saturated rings. The topological polar surface area (TPSA) is 71.7 Å². The van der Waals surface area contributed by atoms with Crippen molar-refractivity contribution in [2.45, 2.75) is 20.0 Å². The largest absolute Gasteiger partial charge is 0.457 e. The Kier molecular flexibility index (Phi) is 6.38. The van der Waals surface area contributed by atoms with Gasteiger partial charge in [0.25, 0.3) is 0 Å². The van der Waals surface area contributed by atoms with Gasteiger partial charge in [-0.1, -0.05) is 32.0 Å². The minimum Gasteiger partial charge on any atom is -0.457 e. The summed E-state index contributed by atoms with van der Waals surface area (Å²) < 4.78 is 10.9. The molecule has 1 aromatic heterocycles. The van der Waals surface area contributed by atoms with E-state index in [0.29, 0.717) is 18.3 Å². The molecule has 0 aliphatic carbocycles. The van der Waals surface area contributed by atoms with E-state index in [2.05, 4.69) is 5.32 Å². The van der Waals surface area contributed by atoms with Crippen molar-refractivity contribution >= 4 is 23.0 Å². The predicted molar refractivity (Wildman–Crippen MR) is 89.9 cm³/mol. The highest BCUT2D eigenvalue weighted by Crippen LogP contribution is 2.19. The van der Waals surface area contributed by atoms with E-state index in [1.165, 1.54) is 6.08 Å². The first-order valence-electron chi connectivity index (χ1n) is 7.75. The Labute approximate surface area is 135 Å². The summed E-state index contributed by atoms with van der Waals surface area (Å²) in [6.45, 7) is 5.04. The summed E-state index contributed by atoms with van der Waals surface area (Å²) in [5.41, 5.74) is 0.783. The summed E-state index contributed by atoms with van der Waals surface area (Å²) in [5, 5.41) is 13.3. The first-order chi connectivity index (χ1) is 11.0. The second-order valence-electron chi connectivity index (χ2n) is 5.85. The van der Waals surface area contributed by atoms with Gasteiger partial charge in [0.2, 0.25) is 5.91 Å². The number of para-hydroxylation sites is 1. The zero-order chi connectivity index (χ0) is 16.7. The van der Waals surface area contributed by atoms with Crippen molar-refractivity contribution in [3.05, 3.63) is 42.2 Å². The highest BCUT2D eigenvalue weighted by Gasteiger charge is 2.06. The lowest BCUT2D eigenvalue weighted by Gasteiger charge is -2.12. The zero-order valence-electron chi connectivity index (χ0n) is 13.5. The lowest BCUT2D eigenvalue weighted by Crippen LogP contribution is -2.33. The zero-order valence-corrected chi connectivity index (χ0v) is 13.5. The van der Waals surface area contributed by atoms with Crippen LogP contribution in [0.25, 0.3) is 17.0 Å². The van der Waals surface area contributed by atoms with E-state index in [-0.39, 0.29) is 19.1 Å². The molecule has 0 aliphatic heterocycles. The number of rotatable bonds is 8. The third kappa shape index (κ3) is 5.88. The van der Waals surface area contributed by atoms with Crippen LogP contribution >= 0.6 is 0 Å². The minimum absolute atomic E-state index is 0.154. The smallest absolute Gasteiger partial charge is 0.244 e. The molecule has 1 amide bonds. The fourth-order valence-corrected chi connectivity index (χ4v) is 2.02. The number of benzene rings is 1. The summed E-state index contributed by atoms with van der Waals surface area (Å²) >= 11 is 0. The van der Waals surface area contributed by atoms with Gasteiger partial charge in [0.15, 0.2) is 0 Å². The number of carbonyl (C=O) groups excluding carboxylic acids is 1. The van der Waals surface area contributed by atoms with E-state index >= 15 is 0 Å². The van der Waals surface area contributed by atoms with Crippen LogP contribution in [0.1, 0.15) is 19.6 Å². The fraction of sp³-hybridized carbons (Fsp3) is 0.389. The van der Waals surface area contributed by atoms with Crippen molar-refractivity contribution in [1.82, 2.24) is 5.32 Å². The maximum Gasteiger partial charge on any atom is 0.244 e. The number of amides is 1. The summed E-state index contributed by atoms with van der Waals surface area (Å²) in [7, 11) is 0. The van der Waals surface area contributed by atoms with E-state index in [4.69, 9.17) is 9.15 Å². The molecule has 0 saturated heterocycles. The molecule has 2 rings (SSSR count). The molecule has 0 aliphatic rings. The molecule has 1 heterocycles. The number of hydrogen-bond donors (Lipinski definition) is 2. The third-order valence-corrected chi connectivity index (χ3v) is 3.12. The van der Waals surface area contributed by atoms with Gasteiger partial charge >= 0.3 is 0 Å². The summed E-state index contributed by atoms with van der Waals surface area (Å²) in [6, 6.07) is 9.52. The third-order valence-electron chi connectivity index (χ3n) is 3.12. The molecule has 0 spiro atoms. The van der Waals surface area contributed by atoms with Crippen LogP contribution in [0.15, 0.2) is 40.8 Å². The number of carbonyl (C=O) groups is 1. The molecule has 0 saturated carbocycles. The van der Waals surface area contributed by atoms with Crippen molar-refractivity contribution in [2.24, 2.45) is 5.92 Å².